The quantitative estimate of drug-likeness (QED) is 0.822. The molecule has 1 unspecified atom stereocenters. The van der Waals surface area contributed by atoms with Gasteiger partial charge in [-0.15, -0.1) is 0 Å². The Balaban J connectivity index is 2.19. The van der Waals surface area contributed by atoms with Gasteiger partial charge in [-0.25, -0.2) is 4.79 Å². The number of carbonyl (C=O) groups is 2. The Labute approximate surface area is 121 Å². The van der Waals surface area contributed by atoms with Crippen molar-refractivity contribution in [2.24, 2.45) is 12.8 Å². The van der Waals surface area contributed by atoms with Crippen molar-refractivity contribution in [1.29, 1.82) is 0 Å². The van der Waals surface area contributed by atoms with Crippen LogP contribution in [0.5, 0.6) is 0 Å². The van der Waals surface area contributed by atoms with Gasteiger partial charge in [0.1, 0.15) is 5.78 Å². The van der Waals surface area contributed by atoms with E-state index in [-0.39, 0.29) is 23.7 Å². The number of aryl methyl sites for hydroxylation is 1. The van der Waals surface area contributed by atoms with Gasteiger partial charge in [-0.3, -0.25) is 18.7 Å². The van der Waals surface area contributed by atoms with E-state index in [1.807, 2.05) is 18.2 Å². The number of benzene rings is 1. The number of nitrogens with zero attached hydrogens (tertiary/aromatic N) is 2. The van der Waals surface area contributed by atoms with Crippen molar-refractivity contribution in [1.82, 2.24) is 9.13 Å². The lowest BCUT2D eigenvalue weighted by atomic mass is 9.93. The molecule has 1 aliphatic carbocycles. The van der Waals surface area contributed by atoms with Gasteiger partial charge in [-0.2, -0.15) is 0 Å². The number of hydrogen-bond donors (Lipinski definition) is 1. The number of aromatic nitrogens is 2. The van der Waals surface area contributed by atoms with Crippen molar-refractivity contribution in [3.8, 4) is 0 Å². The first-order valence-corrected chi connectivity index (χ1v) is 6.97. The molecular weight excluding hydrogens is 270 g/mol. The van der Waals surface area contributed by atoms with E-state index in [1.165, 1.54) is 9.13 Å². The van der Waals surface area contributed by atoms with Crippen molar-refractivity contribution in [3.63, 3.8) is 0 Å². The molecule has 0 bridgehead atoms. The molecule has 0 amide bonds. The lowest BCUT2D eigenvalue weighted by Crippen LogP contribution is -2.34. The molecule has 0 aliphatic heterocycles. The Morgan fingerprint density at radius 1 is 1.24 bits per heavy atom. The summed E-state index contributed by atoms with van der Waals surface area (Å²) in [5.41, 5.74) is 7.80. The molecule has 1 heterocycles. The zero-order valence-corrected chi connectivity index (χ0v) is 11.8. The smallest absolute Gasteiger partial charge is 0.326 e. The van der Waals surface area contributed by atoms with Crippen LogP contribution < -0.4 is 11.4 Å². The van der Waals surface area contributed by atoms with Crippen molar-refractivity contribution in [2.75, 3.05) is 0 Å². The van der Waals surface area contributed by atoms with Gasteiger partial charge in [0, 0.05) is 20.0 Å². The molecule has 2 N–H and O–H groups in total. The average Bonchev–Trinajstić information content (AvgIpc) is 2.71. The number of hydrogen-bond acceptors (Lipinski definition) is 4. The first-order valence-electron chi connectivity index (χ1n) is 6.97. The molecule has 1 aromatic carbocycles. The number of nitrogens with two attached hydrogens (primary N) is 1. The number of imidazole rings is 1. The third kappa shape index (κ3) is 2.12. The maximum atomic E-state index is 12.5. The molecule has 6 nitrogen and oxygen atoms in total. The summed E-state index contributed by atoms with van der Waals surface area (Å²) in [4.78, 5) is 36.0. The van der Waals surface area contributed by atoms with E-state index in [0.29, 0.717) is 24.9 Å². The molecule has 3 rings (SSSR count). The zero-order chi connectivity index (χ0) is 15.1. The summed E-state index contributed by atoms with van der Waals surface area (Å²) in [6.45, 7) is 0.395. The van der Waals surface area contributed by atoms with Crippen molar-refractivity contribution < 1.29 is 9.59 Å². The standard InChI is InChI=1S/C15H17N3O3/c1-17-13-6-9(8-16)2-4-11(13)18(15(17)21)12-5-3-10(19)7-14(12)20/h2,4,6,12H,3,5,7-8,16H2,1H3. The normalized spacial score (nSPS) is 19.4. The minimum Gasteiger partial charge on any atom is -0.326 e. The summed E-state index contributed by atoms with van der Waals surface area (Å²) in [5.74, 6) is -0.223. The highest BCUT2D eigenvalue weighted by Gasteiger charge is 2.31. The van der Waals surface area contributed by atoms with E-state index in [4.69, 9.17) is 5.73 Å². The van der Waals surface area contributed by atoms with Gasteiger partial charge in [-0.05, 0) is 24.1 Å². The van der Waals surface area contributed by atoms with Crippen LogP contribution in [0.1, 0.15) is 30.9 Å². The molecule has 1 aliphatic rings. The summed E-state index contributed by atoms with van der Waals surface area (Å²) >= 11 is 0. The second kappa shape index (κ2) is 4.96. The van der Waals surface area contributed by atoms with Crippen LogP contribution in [0.15, 0.2) is 23.0 Å². The van der Waals surface area contributed by atoms with Gasteiger partial charge in [-0.1, -0.05) is 6.07 Å². The second-order valence-corrected chi connectivity index (χ2v) is 5.48. The molecule has 0 saturated heterocycles. The van der Waals surface area contributed by atoms with Crippen LogP contribution in [0.2, 0.25) is 0 Å². The van der Waals surface area contributed by atoms with E-state index in [0.717, 1.165) is 11.1 Å². The Morgan fingerprint density at radius 3 is 2.67 bits per heavy atom. The molecule has 0 spiro atoms. The second-order valence-electron chi connectivity index (χ2n) is 5.48. The number of rotatable bonds is 2. The number of Topliss-reactive ketones (excluding diaryl/α,β-unsaturated/α-hetero) is 2. The minimum absolute atomic E-state index is 0.0463. The van der Waals surface area contributed by atoms with Crippen LogP contribution in [0.4, 0.5) is 0 Å². The van der Waals surface area contributed by atoms with Crippen LogP contribution in [0.3, 0.4) is 0 Å². The molecule has 1 atom stereocenters. The fourth-order valence-electron chi connectivity index (χ4n) is 2.97. The van der Waals surface area contributed by atoms with Crippen LogP contribution in [0, 0.1) is 0 Å². The van der Waals surface area contributed by atoms with Crippen LogP contribution in [-0.2, 0) is 23.2 Å². The Bertz CT molecular complexity index is 800. The molecule has 6 heteroatoms. The molecule has 2 aromatic rings. The van der Waals surface area contributed by atoms with Gasteiger partial charge in [0.15, 0.2) is 5.78 Å². The average molecular weight is 287 g/mol. The van der Waals surface area contributed by atoms with Crippen molar-refractivity contribution in [3.05, 3.63) is 34.2 Å². The molecule has 110 valence electrons. The summed E-state index contributed by atoms with van der Waals surface area (Å²) in [7, 11) is 1.68. The van der Waals surface area contributed by atoms with Crippen LogP contribution in [-0.4, -0.2) is 20.7 Å². The van der Waals surface area contributed by atoms with Gasteiger partial charge in [0.05, 0.1) is 23.5 Å². The highest BCUT2D eigenvalue weighted by molar-refractivity contribution is 6.03. The number of ketones is 2. The van der Waals surface area contributed by atoms with Gasteiger partial charge < -0.3 is 5.73 Å². The van der Waals surface area contributed by atoms with Crippen molar-refractivity contribution >= 4 is 22.6 Å². The Hall–Kier alpha value is -2.21. The summed E-state index contributed by atoms with van der Waals surface area (Å²) in [6, 6.07) is 5.01. The predicted molar refractivity (Wildman–Crippen MR) is 78.0 cm³/mol. The maximum Gasteiger partial charge on any atom is 0.329 e. The summed E-state index contributed by atoms with van der Waals surface area (Å²) < 4.78 is 3.04. The molecule has 1 fully saturated rings. The van der Waals surface area contributed by atoms with E-state index < -0.39 is 6.04 Å². The molecule has 21 heavy (non-hydrogen) atoms. The van der Waals surface area contributed by atoms with E-state index >= 15 is 0 Å². The molecule has 0 radical (unpaired) electrons. The van der Waals surface area contributed by atoms with E-state index in [2.05, 4.69) is 0 Å². The fourth-order valence-corrected chi connectivity index (χ4v) is 2.97. The van der Waals surface area contributed by atoms with Gasteiger partial charge in [0.2, 0.25) is 0 Å². The molecule has 1 saturated carbocycles. The molecular formula is C15H17N3O3. The maximum absolute atomic E-state index is 12.5. The monoisotopic (exact) mass is 287 g/mol. The van der Waals surface area contributed by atoms with Crippen molar-refractivity contribution in [2.45, 2.75) is 31.8 Å². The van der Waals surface area contributed by atoms with E-state index in [1.54, 1.807) is 7.05 Å². The highest BCUT2D eigenvalue weighted by Crippen LogP contribution is 2.26. The van der Waals surface area contributed by atoms with Gasteiger partial charge >= 0.3 is 5.69 Å². The largest absolute Gasteiger partial charge is 0.329 e. The minimum atomic E-state index is -0.539. The highest BCUT2D eigenvalue weighted by atomic mass is 16.2. The first kappa shape index (κ1) is 13.8. The van der Waals surface area contributed by atoms with Crippen LogP contribution in [0.25, 0.3) is 11.0 Å². The number of fused-ring (bicyclic) bond motifs is 1. The summed E-state index contributed by atoms with van der Waals surface area (Å²) in [6.07, 6.45) is 0.670. The summed E-state index contributed by atoms with van der Waals surface area (Å²) in [5, 5.41) is 0. The third-order valence-electron chi connectivity index (χ3n) is 4.14. The van der Waals surface area contributed by atoms with E-state index in [9.17, 15) is 14.4 Å². The fraction of sp³-hybridized carbons (Fsp3) is 0.400. The lowest BCUT2D eigenvalue weighted by molar-refractivity contribution is -0.132. The zero-order valence-electron chi connectivity index (χ0n) is 11.8. The Kier molecular flexibility index (Phi) is 3.25. The first-order chi connectivity index (χ1) is 10.0. The number of carbonyl (C=O) groups excluding carboxylic acids is 2. The van der Waals surface area contributed by atoms with Gasteiger partial charge in [0.25, 0.3) is 0 Å². The SMILES string of the molecule is Cn1c(=O)n(C2CCC(=O)CC2=O)c2ccc(CN)cc21. The van der Waals surface area contributed by atoms with Crippen LogP contribution >= 0.6 is 0 Å². The Morgan fingerprint density at radius 2 is 2.00 bits per heavy atom. The topological polar surface area (TPSA) is 87.1 Å². The third-order valence-corrected chi connectivity index (χ3v) is 4.14. The molecule has 1 aromatic heterocycles. The lowest BCUT2D eigenvalue weighted by Gasteiger charge is -2.21. The predicted octanol–water partition coefficient (Wildman–Crippen LogP) is 0.662.